The fourth-order valence-electron chi connectivity index (χ4n) is 3.37. The van der Waals surface area contributed by atoms with E-state index in [1.54, 1.807) is 0 Å². The van der Waals surface area contributed by atoms with E-state index in [0.717, 1.165) is 19.1 Å². The summed E-state index contributed by atoms with van der Waals surface area (Å²) in [6.45, 7) is 1.82. The van der Waals surface area contributed by atoms with Gasteiger partial charge >= 0.3 is 0 Å². The van der Waals surface area contributed by atoms with Gasteiger partial charge in [-0.1, -0.05) is 36.4 Å². The van der Waals surface area contributed by atoms with Gasteiger partial charge in [0.2, 0.25) is 0 Å². The van der Waals surface area contributed by atoms with Gasteiger partial charge in [0, 0.05) is 25.2 Å². The van der Waals surface area contributed by atoms with Crippen LogP contribution < -0.4 is 5.73 Å². The van der Waals surface area contributed by atoms with Crippen LogP contribution in [0.2, 0.25) is 0 Å². The summed E-state index contributed by atoms with van der Waals surface area (Å²) in [6, 6.07) is 14.5. The third-order valence-electron chi connectivity index (χ3n) is 4.42. The average Bonchev–Trinajstić information content (AvgIpc) is 3.19. The van der Waals surface area contributed by atoms with Crippen molar-refractivity contribution in [2.75, 3.05) is 6.54 Å². The molecule has 0 aromatic heterocycles. The Morgan fingerprint density at radius 3 is 2.72 bits per heavy atom. The second-order valence-corrected chi connectivity index (χ2v) is 5.51. The molecule has 1 fully saturated rings. The van der Waals surface area contributed by atoms with Crippen LogP contribution in [0.1, 0.15) is 30.0 Å². The summed E-state index contributed by atoms with van der Waals surface area (Å²) in [6.07, 6.45) is 2.70. The second kappa shape index (κ2) is 3.81. The van der Waals surface area contributed by atoms with E-state index in [1.807, 2.05) is 0 Å². The Kier molecular flexibility index (Phi) is 2.23. The molecule has 2 aromatic rings. The predicted molar refractivity (Wildman–Crippen MR) is 74.3 cm³/mol. The van der Waals surface area contributed by atoms with Crippen molar-refractivity contribution in [1.29, 1.82) is 0 Å². The zero-order chi connectivity index (χ0) is 12.1. The van der Waals surface area contributed by atoms with Crippen molar-refractivity contribution in [2.24, 2.45) is 5.73 Å². The van der Waals surface area contributed by atoms with Crippen molar-refractivity contribution in [3.8, 4) is 0 Å². The van der Waals surface area contributed by atoms with E-state index >= 15 is 0 Å². The SMILES string of the molecule is NCC1c2ccc3ccccc3c2CN1C1CC1. The van der Waals surface area contributed by atoms with E-state index in [0.29, 0.717) is 6.04 Å². The van der Waals surface area contributed by atoms with E-state index < -0.39 is 0 Å². The lowest BCUT2D eigenvalue weighted by atomic mass is 9.98. The summed E-state index contributed by atoms with van der Waals surface area (Å²) in [4.78, 5) is 2.61. The molecule has 1 aliphatic carbocycles. The fraction of sp³-hybridized carbons (Fsp3) is 0.375. The maximum Gasteiger partial charge on any atom is 0.0480 e. The Balaban J connectivity index is 1.89. The molecule has 0 bridgehead atoms. The molecule has 0 radical (unpaired) electrons. The smallest absolute Gasteiger partial charge is 0.0480 e. The molecule has 2 heteroatoms. The molecule has 2 aromatic carbocycles. The maximum absolute atomic E-state index is 6.01. The van der Waals surface area contributed by atoms with E-state index in [2.05, 4.69) is 41.3 Å². The van der Waals surface area contributed by atoms with Crippen LogP contribution in [0.25, 0.3) is 10.8 Å². The van der Waals surface area contributed by atoms with Crippen LogP contribution in [0.5, 0.6) is 0 Å². The molecular formula is C16H18N2. The molecule has 2 N–H and O–H groups in total. The lowest BCUT2D eigenvalue weighted by molar-refractivity contribution is 0.209. The van der Waals surface area contributed by atoms with Gasteiger partial charge in [0.25, 0.3) is 0 Å². The van der Waals surface area contributed by atoms with E-state index in [4.69, 9.17) is 5.73 Å². The molecule has 2 aliphatic rings. The molecule has 1 heterocycles. The number of nitrogens with two attached hydrogens (primary N) is 1. The third-order valence-corrected chi connectivity index (χ3v) is 4.42. The lowest BCUT2D eigenvalue weighted by Crippen LogP contribution is -2.29. The van der Waals surface area contributed by atoms with E-state index in [1.165, 1.54) is 34.7 Å². The first-order valence-corrected chi connectivity index (χ1v) is 6.85. The minimum atomic E-state index is 0.442. The van der Waals surface area contributed by atoms with Crippen LogP contribution in [0.4, 0.5) is 0 Å². The zero-order valence-corrected chi connectivity index (χ0v) is 10.5. The Bertz CT molecular complexity index is 601. The normalized spacial score (nSPS) is 23.5. The van der Waals surface area contributed by atoms with Gasteiger partial charge in [-0.25, -0.2) is 0 Å². The zero-order valence-electron chi connectivity index (χ0n) is 10.5. The maximum atomic E-state index is 6.01. The summed E-state index contributed by atoms with van der Waals surface area (Å²) >= 11 is 0. The van der Waals surface area contributed by atoms with Gasteiger partial charge in [-0.15, -0.1) is 0 Å². The van der Waals surface area contributed by atoms with Crippen molar-refractivity contribution in [3.05, 3.63) is 47.5 Å². The summed E-state index contributed by atoms with van der Waals surface area (Å²) in [5, 5.41) is 2.77. The number of hydrogen-bond acceptors (Lipinski definition) is 2. The molecule has 18 heavy (non-hydrogen) atoms. The van der Waals surface area contributed by atoms with Gasteiger partial charge in [0.05, 0.1) is 0 Å². The Morgan fingerprint density at radius 1 is 1.11 bits per heavy atom. The number of rotatable bonds is 2. The average molecular weight is 238 g/mol. The molecule has 92 valence electrons. The highest BCUT2D eigenvalue weighted by molar-refractivity contribution is 5.87. The summed E-state index contributed by atoms with van der Waals surface area (Å²) in [7, 11) is 0. The highest BCUT2D eigenvalue weighted by Gasteiger charge is 2.39. The minimum Gasteiger partial charge on any atom is -0.329 e. The monoisotopic (exact) mass is 238 g/mol. The number of fused-ring (bicyclic) bond motifs is 3. The van der Waals surface area contributed by atoms with E-state index in [-0.39, 0.29) is 0 Å². The van der Waals surface area contributed by atoms with Crippen molar-refractivity contribution >= 4 is 10.8 Å². The molecule has 1 atom stereocenters. The first-order chi connectivity index (χ1) is 8.88. The first-order valence-electron chi connectivity index (χ1n) is 6.85. The van der Waals surface area contributed by atoms with Crippen LogP contribution in [-0.2, 0) is 6.54 Å². The van der Waals surface area contributed by atoms with Crippen LogP contribution >= 0.6 is 0 Å². The van der Waals surface area contributed by atoms with Crippen LogP contribution in [0.15, 0.2) is 36.4 Å². The molecule has 0 amide bonds. The molecule has 1 saturated carbocycles. The molecule has 1 aliphatic heterocycles. The molecule has 2 nitrogen and oxygen atoms in total. The van der Waals surface area contributed by atoms with Gasteiger partial charge in [-0.2, -0.15) is 0 Å². The molecule has 4 rings (SSSR count). The van der Waals surface area contributed by atoms with Crippen LogP contribution in [0.3, 0.4) is 0 Å². The fourth-order valence-corrected chi connectivity index (χ4v) is 3.37. The number of hydrogen-bond donors (Lipinski definition) is 1. The van der Waals surface area contributed by atoms with Crippen LogP contribution in [0, 0.1) is 0 Å². The molecule has 0 saturated heterocycles. The van der Waals surface area contributed by atoms with Crippen molar-refractivity contribution in [1.82, 2.24) is 4.90 Å². The highest BCUT2D eigenvalue weighted by atomic mass is 15.2. The molecule has 0 spiro atoms. The van der Waals surface area contributed by atoms with Gasteiger partial charge in [-0.05, 0) is 34.7 Å². The van der Waals surface area contributed by atoms with Gasteiger partial charge in [0.1, 0.15) is 0 Å². The Hall–Kier alpha value is -1.38. The minimum absolute atomic E-state index is 0.442. The topological polar surface area (TPSA) is 29.3 Å². The van der Waals surface area contributed by atoms with E-state index in [9.17, 15) is 0 Å². The second-order valence-electron chi connectivity index (χ2n) is 5.51. The largest absolute Gasteiger partial charge is 0.329 e. The Labute approximate surface area is 107 Å². The Morgan fingerprint density at radius 2 is 1.94 bits per heavy atom. The highest BCUT2D eigenvalue weighted by Crippen LogP contribution is 2.43. The summed E-state index contributed by atoms with van der Waals surface area (Å²) in [5.41, 5.74) is 8.98. The van der Waals surface area contributed by atoms with Crippen molar-refractivity contribution in [2.45, 2.75) is 31.5 Å². The van der Waals surface area contributed by atoms with Gasteiger partial charge < -0.3 is 5.73 Å². The van der Waals surface area contributed by atoms with Gasteiger partial charge in [-0.3, -0.25) is 4.90 Å². The van der Waals surface area contributed by atoms with Crippen molar-refractivity contribution in [3.63, 3.8) is 0 Å². The lowest BCUT2D eigenvalue weighted by Gasteiger charge is -2.23. The standard InChI is InChI=1S/C16H18N2/c17-9-16-14-8-5-11-3-1-2-4-13(11)15(14)10-18(16)12-6-7-12/h1-5,8,12,16H,6-7,9-10,17H2. The predicted octanol–water partition coefficient (Wildman–Crippen LogP) is 2.82. The van der Waals surface area contributed by atoms with Gasteiger partial charge in [0.15, 0.2) is 0 Å². The first kappa shape index (κ1) is 10.5. The molecule has 1 unspecified atom stereocenters. The van der Waals surface area contributed by atoms with Crippen molar-refractivity contribution < 1.29 is 0 Å². The quantitative estimate of drug-likeness (QED) is 0.871. The molecular weight excluding hydrogens is 220 g/mol. The summed E-state index contributed by atoms with van der Waals surface area (Å²) < 4.78 is 0. The third kappa shape index (κ3) is 1.43. The van der Waals surface area contributed by atoms with Crippen LogP contribution in [-0.4, -0.2) is 17.5 Å². The number of benzene rings is 2. The summed E-state index contributed by atoms with van der Waals surface area (Å²) in [5.74, 6) is 0. The number of nitrogens with zero attached hydrogens (tertiary/aromatic N) is 1.